The van der Waals surface area contributed by atoms with E-state index in [1.807, 2.05) is 24.5 Å². The van der Waals surface area contributed by atoms with Crippen molar-refractivity contribution in [2.75, 3.05) is 13.7 Å². The second-order valence-corrected chi connectivity index (χ2v) is 5.45. The van der Waals surface area contributed by atoms with Crippen molar-refractivity contribution in [1.82, 2.24) is 24.6 Å². The summed E-state index contributed by atoms with van der Waals surface area (Å²) in [6.07, 6.45) is 1.71. The molecule has 3 rings (SSSR count). The van der Waals surface area contributed by atoms with Gasteiger partial charge >= 0.3 is 0 Å². The average molecular weight is 301 g/mol. The lowest BCUT2D eigenvalue weighted by molar-refractivity contribution is 0.0626. The molecule has 0 radical (unpaired) electrons. The molecule has 0 saturated heterocycles. The van der Waals surface area contributed by atoms with E-state index in [1.165, 1.54) is 0 Å². The number of methoxy groups -OCH3 is 1. The van der Waals surface area contributed by atoms with Gasteiger partial charge in [-0.05, 0) is 25.5 Å². The van der Waals surface area contributed by atoms with Crippen LogP contribution in [0.4, 0.5) is 0 Å². The second-order valence-electron chi connectivity index (χ2n) is 5.45. The molecule has 3 heterocycles. The predicted molar refractivity (Wildman–Crippen MR) is 79.2 cm³/mol. The lowest BCUT2D eigenvalue weighted by atomic mass is 10.1. The number of rotatable bonds is 3. The molecule has 2 aromatic heterocycles. The normalized spacial score (nSPS) is 17.4. The first kappa shape index (κ1) is 14.6. The van der Waals surface area contributed by atoms with Crippen LogP contribution in [0.5, 0.6) is 0 Å². The van der Waals surface area contributed by atoms with Crippen LogP contribution < -0.4 is 0 Å². The van der Waals surface area contributed by atoms with Gasteiger partial charge in [-0.15, -0.1) is 10.2 Å². The Bertz CT molecular complexity index is 680. The van der Waals surface area contributed by atoms with Crippen LogP contribution in [0, 0.1) is 6.92 Å². The van der Waals surface area contributed by atoms with Gasteiger partial charge in [0.05, 0.1) is 6.04 Å². The summed E-state index contributed by atoms with van der Waals surface area (Å²) in [6.45, 7) is 5.61. The Labute approximate surface area is 128 Å². The van der Waals surface area contributed by atoms with Gasteiger partial charge in [0.1, 0.15) is 12.3 Å². The molecule has 0 aliphatic carbocycles. The highest BCUT2D eigenvalue weighted by Crippen LogP contribution is 2.25. The van der Waals surface area contributed by atoms with Crippen molar-refractivity contribution in [3.8, 4) is 0 Å². The minimum absolute atomic E-state index is 0.0740. The number of carbonyl (C=O) groups excluding carboxylic acids is 1. The zero-order chi connectivity index (χ0) is 15.7. The number of hydrogen-bond acceptors (Lipinski definition) is 5. The lowest BCUT2D eigenvalue weighted by Gasteiger charge is -2.33. The molecule has 1 amide bonds. The molecule has 0 aromatic carbocycles. The van der Waals surface area contributed by atoms with Crippen molar-refractivity contribution < 1.29 is 9.53 Å². The SMILES string of the molecule is COCc1nnc2n1CCN(C(=O)c1ccc(C)cn1)[C@H]2C. The number of pyridine rings is 1. The zero-order valence-corrected chi connectivity index (χ0v) is 13.0. The van der Waals surface area contributed by atoms with Gasteiger partial charge in [0, 0.05) is 26.4 Å². The van der Waals surface area contributed by atoms with Gasteiger partial charge in [-0.3, -0.25) is 9.78 Å². The van der Waals surface area contributed by atoms with E-state index in [1.54, 1.807) is 24.3 Å². The molecule has 22 heavy (non-hydrogen) atoms. The first-order valence-corrected chi connectivity index (χ1v) is 7.26. The minimum Gasteiger partial charge on any atom is -0.377 e. The molecule has 0 unspecified atom stereocenters. The Morgan fingerprint density at radius 1 is 1.36 bits per heavy atom. The van der Waals surface area contributed by atoms with Gasteiger partial charge in [-0.1, -0.05) is 6.07 Å². The van der Waals surface area contributed by atoms with E-state index in [4.69, 9.17) is 4.74 Å². The van der Waals surface area contributed by atoms with Crippen LogP contribution >= 0.6 is 0 Å². The molecule has 1 atom stereocenters. The molecule has 0 bridgehead atoms. The molecular formula is C15H19N5O2. The van der Waals surface area contributed by atoms with E-state index in [0.717, 1.165) is 17.2 Å². The topological polar surface area (TPSA) is 73.1 Å². The average Bonchev–Trinajstić information content (AvgIpc) is 2.92. The van der Waals surface area contributed by atoms with Gasteiger partial charge in [0.15, 0.2) is 11.6 Å². The Hall–Kier alpha value is -2.28. The number of hydrogen-bond donors (Lipinski definition) is 0. The number of ether oxygens (including phenoxy) is 1. The van der Waals surface area contributed by atoms with Gasteiger partial charge in [-0.2, -0.15) is 0 Å². The van der Waals surface area contributed by atoms with Crippen LogP contribution in [0.3, 0.4) is 0 Å². The molecule has 0 N–H and O–H groups in total. The van der Waals surface area contributed by atoms with E-state index in [0.29, 0.717) is 25.4 Å². The van der Waals surface area contributed by atoms with E-state index in [9.17, 15) is 4.79 Å². The van der Waals surface area contributed by atoms with Crippen LogP contribution in [0.2, 0.25) is 0 Å². The summed E-state index contributed by atoms with van der Waals surface area (Å²) in [4.78, 5) is 18.7. The van der Waals surface area contributed by atoms with Crippen molar-refractivity contribution in [1.29, 1.82) is 0 Å². The number of carbonyl (C=O) groups is 1. The summed E-state index contributed by atoms with van der Waals surface area (Å²) >= 11 is 0. The number of fused-ring (bicyclic) bond motifs is 1. The van der Waals surface area contributed by atoms with Crippen LogP contribution in [0.25, 0.3) is 0 Å². The molecule has 2 aromatic rings. The summed E-state index contributed by atoms with van der Waals surface area (Å²) in [6, 6.07) is 3.52. The summed E-state index contributed by atoms with van der Waals surface area (Å²) in [5.74, 6) is 1.51. The van der Waals surface area contributed by atoms with Crippen LogP contribution in [0.1, 0.15) is 40.7 Å². The monoisotopic (exact) mass is 301 g/mol. The van der Waals surface area contributed by atoms with Crippen LogP contribution in [-0.4, -0.2) is 44.2 Å². The fourth-order valence-corrected chi connectivity index (χ4v) is 2.70. The molecular weight excluding hydrogens is 282 g/mol. The summed E-state index contributed by atoms with van der Waals surface area (Å²) in [7, 11) is 1.63. The second kappa shape index (κ2) is 5.84. The molecule has 1 aliphatic rings. The van der Waals surface area contributed by atoms with E-state index in [-0.39, 0.29) is 11.9 Å². The number of amides is 1. The van der Waals surface area contributed by atoms with Crippen LogP contribution in [-0.2, 0) is 17.9 Å². The van der Waals surface area contributed by atoms with Gasteiger partial charge in [0.25, 0.3) is 5.91 Å². The molecule has 116 valence electrons. The number of aryl methyl sites for hydroxylation is 1. The zero-order valence-electron chi connectivity index (χ0n) is 13.0. The quantitative estimate of drug-likeness (QED) is 0.855. The van der Waals surface area contributed by atoms with Crippen LogP contribution in [0.15, 0.2) is 18.3 Å². The highest BCUT2D eigenvalue weighted by atomic mass is 16.5. The first-order chi connectivity index (χ1) is 10.6. The summed E-state index contributed by atoms with van der Waals surface area (Å²) in [5, 5.41) is 8.37. The fourth-order valence-electron chi connectivity index (χ4n) is 2.70. The van der Waals surface area contributed by atoms with E-state index in [2.05, 4.69) is 15.2 Å². The summed E-state index contributed by atoms with van der Waals surface area (Å²) < 4.78 is 7.16. The van der Waals surface area contributed by atoms with Crippen molar-refractivity contribution in [3.63, 3.8) is 0 Å². The number of aromatic nitrogens is 4. The third-order valence-corrected chi connectivity index (χ3v) is 3.93. The molecule has 7 nitrogen and oxygen atoms in total. The highest BCUT2D eigenvalue weighted by molar-refractivity contribution is 5.92. The van der Waals surface area contributed by atoms with E-state index >= 15 is 0 Å². The fraction of sp³-hybridized carbons (Fsp3) is 0.467. The van der Waals surface area contributed by atoms with Gasteiger partial charge in [0.2, 0.25) is 0 Å². The molecule has 0 saturated carbocycles. The maximum Gasteiger partial charge on any atom is 0.273 e. The molecule has 0 fully saturated rings. The smallest absolute Gasteiger partial charge is 0.273 e. The largest absolute Gasteiger partial charge is 0.377 e. The van der Waals surface area contributed by atoms with E-state index < -0.39 is 0 Å². The summed E-state index contributed by atoms with van der Waals surface area (Å²) in [5.41, 5.74) is 1.50. The maximum absolute atomic E-state index is 12.6. The minimum atomic E-state index is -0.137. The maximum atomic E-state index is 12.6. The third-order valence-electron chi connectivity index (χ3n) is 3.93. The Balaban J connectivity index is 1.84. The number of nitrogens with zero attached hydrogens (tertiary/aromatic N) is 5. The Morgan fingerprint density at radius 2 is 2.18 bits per heavy atom. The van der Waals surface area contributed by atoms with Crippen molar-refractivity contribution >= 4 is 5.91 Å². The Kier molecular flexibility index (Phi) is 3.89. The van der Waals surface area contributed by atoms with Crippen molar-refractivity contribution in [3.05, 3.63) is 41.2 Å². The Morgan fingerprint density at radius 3 is 2.86 bits per heavy atom. The first-order valence-electron chi connectivity index (χ1n) is 7.26. The van der Waals surface area contributed by atoms with Gasteiger partial charge in [-0.25, -0.2) is 0 Å². The van der Waals surface area contributed by atoms with Gasteiger partial charge < -0.3 is 14.2 Å². The highest BCUT2D eigenvalue weighted by Gasteiger charge is 2.32. The third kappa shape index (κ3) is 2.48. The molecule has 7 heteroatoms. The predicted octanol–water partition coefficient (Wildman–Crippen LogP) is 1.34. The molecule has 0 spiro atoms. The standard InChI is InChI=1S/C15H19N5O2/c1-10-4-5-12(16-8-10)15(21)19-6-7-20-13(9-22-3)17-18-14(20)11(19)2/h4-5,8,11H,6-7,9H2,1-3H3/t11-/m0/s1. The van der Waals surface area contributed by atoms with Crippen molar-refractivity contribution in [2.24, 2.45) is 0 Å². The van der Waals surface area contributed by atoms with Crippen molar-refractivity contribution in [2.45, 2.75) is 33.0 Å². The lowest BCUT2D eigenvalue weighted by Crippen LogP contribution is -2.41. The molecule has 1 aliphatic heterocycles.